The smallest absolute Gasteiger partial charge is 0.226 e. The molecule has 0 unspecified atom stereocenters. The number of aromatic nitrogens is 2. The lowest BCUT2D eigenvalue weighted by Crippen LogP contribution is -2.51. The summed E-state index contributed by atoms with van der Waals surface area (Å²) in [6.45, 7) is 4.38. The first-order valence-corrected chi connectivity index (χ1v) is 6.05. The Labute approximate surface area is 110 Å². The van der Waals surface area contributed by atoms with E-state index in [-0.39, 0.29) is 23.0 Å². The van der Waals surface area contributed by atoms with Crippen LogP contribution in [-0.4, -0.2) is 47.6 Å². The molecule has 1 aromatic heterocycles. The van der Waals surface area contributed by atoms with Crippen LogP contribution >= 0.6 is 11.6 Å². The average molecular weight is 275 g/mol. The molecule has 1 aromatic rings. The van der Waals surface area contributed by atoms with Gasteiger partial charge in [-0.05, 0) is 25.6 Å². The van der Waals surface area contributed by atoms with Gasteiger partial charge < -0.3 is 15.2 Å². The Bertz CT molecular complexity index is 443. The number of nitrogen functional groups attached to an aromatic ring is 1. The second-order valence-corrected chi connectivity index (χ2v) is 4.77. The van der Waals surface area contributed by atoms with E-state index in [1.165, 1.54) is 0 Å². The Morgan fingerprint density at radius 2 is 2.17 bits per heavy atom. The molecule has 8 heteroatoms. The monoisotopic (exact) mass is 274 g/mol. The van der Waals surface area contributed by atoms with E-state index in [9.17, 15) is 4.39 Å². The molecular formula is C10H16ClFN6. The minimum atomic E-state index is -0.571. The van der Waals surface area contributed by atoms with Crippen molar-refractivity contribution in [1.82, 2.24) is 14.9 Å². The number of likely N-dealkylation sites (N-methyl/N-ethyl adjacent to an activating group) is 1. The highest BCUT2D eigenvalue weighted by molar-refractivity contribution is 6.28. The van der Waals surface area contributed by atoms with Crippen molar-refractivity contribution in [1.29, 1.82) is 0 Å². The summed E-state index contributed by atoms with van der Waals surface area (Å²) >= 11 is 5.77. The van der Waals surface area contributed by atoms with Gasteiger partial charge in [-0.2, -0.15) is 14.4 Å². The summed E-state index contributed by atoms with van der Waals surface area (Å²) in [7, 11) is 2.03. The average Bonchev–Trinajstić information content (AvgIpc) is 2.32. The molecule has 2 rings (SSSR count). The summed E-state index contributed by atoms with van der Waals surface area (Å²) in [6.07, 6.45) is 0. The fourth-order valence-corrected chi connectivity index (χ4v) is 2.31. The van der Waals surface area contributed by atoms with Crippen molar-refractivity contribution in [3.8, 4) is 0 Å². The van der Waals surface area contributed by atoms with Gasteiger partial charge >= 0.3 is 0 Å². The lowest BCUT2D eigenvalue weighted by Gasteiger charge is -2.39. The predicted octanol–water partition coefficient (Wildman–Crippen LogP) is 0.695. The Morgan fingerprint density at radius 3 is 2.78 bits per heavy atom. The molecule has 0 bridgehead atoms. The highest BCUT2D eigenvalue weighted by atomic mass is 35.5. The first-order valence-electron chi connectivity index (χ1n) is 5.67. The normalized spacial score (nSPS) is 21.2. The standard InChI is InChI=1S/C10H16ClFN6/c1-6-5-17(2)3-4-18(6)9-7(12)8(16-13)14-10(11)15-9/h6H,3-5,13H2,1-2H3,(H,14,15,16)/t6-/m0/s1. The topological polar surface area (TPSA) is 70.3 Å². The first-order chi connectivity index (χ1) is 8.52. The van der Waals surface area contributed by atoms with Crippen LogP contribution in [0.4, 0.5) is 16.0 Å². The van der Waals surface area contributed by atoms with E-state index < -0.39 is 5.82 Å². The molecule has 1 aliphatic rings. The minimum Gasteiger partial charge on any atom is -0.349 e. The van der Waals surface area contributed by atoms with E-state index in [1.54, 1.807) is 0 Å². The Morgan fingerprint density at radius 1 is 1.44 bits per heavy atom. The number of halogens is 2. The summed E-state index contributed by atoms with van der Waals surface area (Å²) in [5.41, 5.74) is 2.19. The zero-order valence-corrected chi connectivity index (χ0v) is 11.1. The molecule has 0 aromatic carbocycles. The van der Waals surface area contributed by atoms with Crippen LogP contribution in [0.5, 0.6) is 0 Å². The SMILES string of the molecule is C[C@H]1CN(C)CCN1c1nc(Cl)nc(NN)c1F. The number of piperazine rings is 1. The van der Waals surface area contributed by atoms with Crippen molar-refractivity contribution >= 4 is 23.2 Å². The van der Waals surface area contributed by atoms with E-state index in [0.29, 0.717) is 6.54 Å². The van der Waals surface area contributed by atoms with Gasteiger partial charge in [-0.1, -0.05) is 0 Å². The van der Waals surface area contributed by atoms with Gasteiger partial charge in [0.25, 0.3) is 0 Å². The van der Waals surface area contributed by atoms with Gasteiger partial charge in [0.1, 0.15) is 0 Å². The van der Waals surface area contributed by atoms with Crippen LogP contribution in [0.3, 0.4) is 0 Å². The number of hydrazine groups is 1. The molecule has 0 aliphatic carbocycles. The summed E-state index contributed by atoms with van der Waals surface area (Å²) in [6, 6.07) is 0.148. The highest BCUT2D eigenvalue weighted by Gasteiger charge is 2.27. The number of hydrogen-bond acceptors (Lipinski definition) is 6. The van der Waals surface area contributed by atoms with E-state index in [1.807, 2.05) is 18.9 Å². The number of nitrogens with zero attached hydrogens (tertiary/aromatic N) is 4. The van der Waals surface area contributed by atoms with Crippen LogP contribution in [0.2, 0.25) is 5.28 Å². The van der Waals surface area contributed by atoms with Gasteiger partial charge in [0.05, 0.1) is 0 Å². The van der Waals surface area contributed by atoms with Crippen molar-refractivity contribution in [3.05, 3.63) is 11.1 Å². The second-order valence-electron chi connectivity index (χ2n) is 4.43. The molecule has 6 nitrogen and oxygen atoms in total. The molecule has 0 saturated carbocycles. The summed E-state index contributed by atoms with van der Waals surface area (Å²) in [5.74, 6) is 4.75. The Kier molecular flexibility index (Phi) is 3.84. The minimum absolute atomic E-state index is 0.0227. The third kappa shape index (κ3) is 2.47. The Hall–Kier alpha value is -1.18. The van der Waals surface area contributed by atoms with E-state index in [0.717, 1.165) is 13.1 Å². The molecule has 1 fully saturated rings. The van der Waals surface area contributed by atoms with Gasteiger partial charge in [0.15, 0.2) is 11.6 Å². The molecule has 0 amide bonds. The van der Waals surface area contributed by atoms with Gasteiger partial charge in [-0.3, -0.25) is 0 Å². The number of hydrogen-bond donors (Lipinski definition) is 2. The lowest BCUT2D eigenvalue weighted by atomic mass is 10.2. The molecule has 2 heterocycles. The summed E-state index contributed by atoms with van der Waals surface area (Å²) in [4.78, 5) is 11.7. The third-order valence-electron chi connectivity index (χ3n) is 3.05. The number of nitrogens with one attached hydrogen (secondary N) is 1. The van der Waals surface area contributed by atoms with E-state index in [2.05, 4.69) is 20.3 Å². The molecule has 0 spiro atoms. The zero-order valence-electron chi connectivity index (χ0n) is 10.3. The molecule has 1 atom stereocenters. The number of rotatable bonds is 2. The van der Waals surface area contributed by atoms with Crippen molar-refractivity contribution in [2.75, 3.05) is 37.0 Å². The molecule has 0 radical (unpaired) electrons. The van der Waals surface area contributed by atoms with Gasteiger partial charge in [0, 0.05) is 25.7 Å². The fraction of sp³-hybridized carbons (Fsp3) is 0.600. The first kappa shape index (κ1) is 13.3. The van der Waals surface area contributed by atoms with Crippen LogP contribution in [0.1, 0.15) is 6.92 Å². The molecular weight excluding hydrogens is 259 g/mol. The van der Waals surface area contributed by atoms with Crippen LogP contribution in [0.25, 0.3) is 0 Å². The molecule has 3 N–H and O–H groups in total. The van der Waals surface area contributed by atoms with Crippen LogP contribution < -0.4 is 16.2 Å². The molecule has 18 heavy (non-hydrogen) atoms. The van der Waals surface area contributed by atoms with Crippen molar-refractivity contribution in [2.45, 2.75) is 13.0 Å². The van der Waals surface area contributed by atoms with Crippen LogP contribution in [-0.2, 0) is 0 Å². The summed E-state index contributed by atoms with van der Waals surface area (Å²) < 4.78 is 14.1. The van der Waals surface area contributed by atoms with Gasteiger partial charge in [-0.15, -0.1) is 0 Å². The van der Waals surface area contributed by atoms with Crippen LogP contribution in [0.15, 0.2) is 0 Å². The van der Waals surface area contributed by atoms with E-state index in [4.69, 9.17) is 17.4 Å². The fourth-order valence-electron chi connectivity index (χ4n) is 2.15. The number of nitrogens with two attached hydrogens (primary N) is 1. The lowest BCUT2D eigenvalue weighted by molar-refractivity contribution is 0.273. The van der Waals surface area contributed by atoms with Crippen molar-refractivity contribution < 1.29 is 4.39 Å². The third-order valence-corrected chi connectivity index (χ3v) is 3.21. The van der Waals surface area contributed by atoms with Crippen molar-refractivity contribution in [2.24, 2.45) is 5.84 Å². The summed E-state index contributed by atoms with van der Waals surface area (Å²) in [5, 5.41) is -0.0227. The molecule has 1 saturated heterocycles. The van der Waals surface area contributed by atoms with E-state index >= 15 is 0 Å². The van der Waals surface area contributed by atoms with Crippen LogP contribution in [0, 0.1) is 5.82 Å². The maximum Gasteiger partial charge on any atom is 0.226 e. The highest BCUT2D eigenvalue weighted by Crippen LogP contribution is 2.26. The second kappa shape index (κ2) is 5.21. The number of anilines is 2. The molecule has 100 valence electrons. The van der Waals surface area contributed by atoms with Gasteiger partial charge in [-0.25, -0.2) is 5.84 Å². The Balaban J connectivity index is 2.35. The maximum atomic E-state index is 14.1. The zero-order chi connectivity index (χ0) is 13.3. The predicted molar refractivity (Wildman–Crippen MR) is 69.1 cm³/mol. The largest absolute Gasteiger partial charge is 0.349 e. The maximum absolute atomic E-state index is 14.1. The van der Waals surface area contributed by atoms with Gasteiger partial charge in [0.2, 0.25) is 11.1 Å². The molecule has 1 aliphatic heterocycles. The van der Waals surface area contributed by atoms with Crippen molar-refractivity contribution in [3.63, 3.8) is 0 Å². The quantitative estimate of drug-likeness (QED) is 0.470.